The summed E-state index contributed by atoms with van der Waals surface area (Å²) < 4.78 is 5.54. The van der Waals surface area contributed by atoms with Crippen LogP contribution < -0.4 is 17.6 Å². The van der Waals surface area contributed by atoms with E-state index < -0.39 is 13.3 Å². The molecule has 0 N–H and O–H groups in total. The van der Waals surface area contributed by atoms with Crippen molar-refractivity contribution in [1.82, 2.24) is 15.0 Å². The second-order valence-corrected chi connectivity index (χ2v) is 21.6. The predicted octanol–water partition coefficient (Wildman–Crippen LogP) is 9.58. The number of hydrogen-bond acceptors (Lipinski definition) is 3. The molecule has 0 aliphatic carbocycles. The van der Waals surface area contributed by atoms with Gasteiger partial charge < -0.3 is 0 Å². The van der Waals surface area contributed by atoms with Crippen molar-refractivity contribution in [3.8, 4) is 56.4 Å². The van der Waals surface area contributed by atoms with E-state index in [0.717, 1.165) is 38.9 Å². The van der Waals surface area contributed by atoms with Crippen LogP contribution in [-0.2, 0) is 0 Å². The Hall–Kier alpha value is -6.69. The molecule has 0 fully saturated rings. The molecule has 8 aromatic carbocycles. The van der Waals surface area contributed by atoms with E-state index in [-0.39, 0.29) is 0 Å². The molecule has 0 spiro atoms. The molecule has 0 radical (unpaired) electrons. The fraction of sp³-hybridized carbons (Fsp3) is 0. The number of benzene rings is 8. The standard InChI is InChI=1S/C51H37GeN3/c1-7-20-38(21-8-1)42-34-43(36-44(35-42)51-54-49(39-22-9-2-10-23-39)53-50(55-51)40-24-11-3-12-25-40)41-26-19-33-48(37-41)52(45-27-13-4-14-28-45,46-29-15-5-16-30-46)47-31-17-6-18-32-47/h1-37H. The molecule has 3 nitrogen and oxygen atoms in total. The first-order valence-electron chi connectivity index (χ1n) is 18.6. The Morgan fingerprint density at radius 2 is 0.527 bits per heavy atom. The number of hydrogen-bond donors (Lipinski definition) is 0. The van der Waals surface area contributed by atoms with Crippen molar-refractivity contribution in [1.29, 1.82) is 0 Å². The van der Waals surface area contributed by atoms with Gasteiger partial charge in [0.05, 0.1) is 0 Å². The molecule has 4 heteroatoms. The minimum atomic E-state index is -3.50. The average molecular weight is 764 g/mol. The van der Waals surface area contributed by atoms with Gasteiger partial charge in [0.2, 0.25) is 0 Å². The zero-order chi connectivity index (χ0) is 36.9. The first kappa shape index (κ1) is 34.1. The van der Waals surface area contributed by atoms with Crippen LogP contribution in [0.2, 0.25) is 0 Å². The molecule has 9 rings (SSSR count). The Bertz CT molecular complexity index is 2520. The zero-order valence-corrected chi connectivity index (χ0v) is 32.3. The van der Waals surface area contributed by atoms with Gasteiger partial charge in [0.1, 0.15) is 0 Å². The summed E-state index contributed by atoms with van der Waals surface area (Å²) >= 11 is -3.50. The molecule has 0 atom stereocenters. The molecule has 0 unspecified atom stereocenters. The fourth-order valence-corrected chi connectivity index (χ4v) is 17.7. The van der Waals surface area contributed by atoms with Crippen LogP contribution >= 0.6 is 0 Å². The summed E-state index contributed by atoms with van der Waals surface area (Å²) in [4.78, 5) is 15.2. The molecule has 0 bridgehead atoms. The topological polar surface area (TPSA) is 38.7 Å². The van der Waals surface area contributed by atoms with Gasteiger partial charge in [-0.15, -0.1) is 0 Å². The summed E-state index contributed by atoms with van der Waals surface area (Å²) in [5, 5.41) is 0. The molecule has 0 aliphatic rings. The number of nitrogens with zero attached hydrogens (tertiary/aromatic N) is 3. The maximum atomic E-state index is 5.13. The summed E-state index contributed by atoms with van der Waals surface area (Å²) in [5.74, 6) is 1.92. The number of aromatic nitrogens is 3. The summed E-state index contributed by atoms with van der Waals surface area (Å²) in [5.41, 5.74) is 7.31. The third-order valence-corrected chi connectivity index (χ3v) is 20.3. The Morgan fingerprint density at radius 1 is 0.218 bits per heavy atom. The van der Waals surface area contributed by atoms with Crippen molar-refractivity contribution in [3.05, 3.63) is 224 Å². The van der Waals surface area contributed by atoms with Crippen LogP contribution in [0.15, 0.2) is 224 Å². The average Bonchev–Trinajstić information content (AvgIpc) is 3.28. The fourth-order valence-electron chi connectivity index (χ4n) is 7.65. The molecule has 0 aliphatic heterocycles. The minimum absolute atomic E-state index is 0.632. The van der Waals surface area contributed by atoms with Crippen molar-refractivity contribution in [2.75, 3.05) is 0 Å². The molecule has 9 aromatic rings. The van der Waals surface area contributed by atoms with Crippen molar-refractivity contribution in [2.45, 2.75) is 0 Å². The van der Waals surface area contributed by atoms with Crippen molar-refractivity contribution in [3.63, 3.8) is 0 Å². The van der Waals surface area contributed by atoms with Crippen LogP contribution in [0.1, 0.15) is 0 Å². The van der Waals surface area contributed by atoms with Crippen LogP contribution in [0.5, 0.6) is 0 Å². The Labute approximate surface area is 325 Å². The Balaban J connectivity index is 1.28. The first-order valence-corrected chi connectivity index (χ1v) is 22.8. The van der Waals surface area contributed by atoms with Gasteiger partial charge in [-0.3, -0.25) is 0 Å². The third-order valence-electron chi connectivity index (χ3n) is 10.2. The molecule has 1 heterocycles. The molecule has 0 saturated carbocycles. The van der Waals surface area contributed by atoms with E-state index in [9.17, 15) is 0 Å². The maximum absolute atomic E-state index is 5.13. The molecular formula is C51H37GeN3. The Morgan fingerprint density at radius 3 is 0.964 bits per heavy atom. The first-order chi connectivity index (χ1) is 27.3. The van der Waals surface area contributed by atoms with Crippen LogP contribution in [-0.4, -0.2) is 28.2 Å². The molecule has 1 aromatic heterocycles. The summed E-state index contributed by atoms with van der Waals surface area (Å²) in [6.07, 6.45) is 0. The van der Waals surface area contributed by atoms with Gasteiger partial charge in [0.15, 0.2) is 0 Å². The van der Waals surface area contributed by atoms with Crippen molar-refractivity contribution in [2.24, 2.45) is 0 Å². The SMILES string of the molecule is c1ccc(-c2cc(-c3ccc[c]([Ge]([c]4ccccc4)([c]4ccccc4)[c]4ccccc4)c3)cc(-c3nc(-c4ccccc4)nc(-c4ccccc4)n3)c2)cc1. The van der Waals surface area contributed by atoms with E-state index >= 15 is 0 Å². The van der Waals surface area contributed by atoms with E-state index in [4.69, 9.17) is 15.0 Å². The molecule has 0 saturated heterocycles. The van der Waals surface area contributed by atoms with Gasteiger partial charge in [-0.2, -0.15) is 0 Å². The second kappa shape index (κ2) is 15.3. The molecular weight excluding hydrogens is 727 g/mol. The zero-order valence-electron chi connectivity index (χ0n) is 30.2. The van der Waals surface area contributed by atoms with Gasteiger partial charge in [-0.05, 0) is 0 Å². The van der Waals surface area contributed by atoms with E-state index in [0.29, 0.717) is 17.5 Å². The molecule has 0 amide bonds. The van der Waals surface area contributed by atoms with Gasteiger partial charge in [0, 0.05) is 0 Å². The van der Waals surface area contributed by atoms with E-state index in [1.807, 2.05) is 36.4 Å². The third kappa shape index (κ3) is 6.82. The van der Waals surface area contributed by atoms with Gasteiger partial charge in [-0.25, -0.2) is 0 Å². The Kier molecular flexibility index (Phi) is 9.52. The van der Waals surface area contributed by atoms with Crippen molar-refractivity contribution < 1.29 is 0 Å². The predicted molar refractivity (Wildman–Crippen MR) is 231 cm³/mol. The second-order valence-electron chi connectivity index (χ2n) is 13.6. The van der Waals surface area contributed by atoms with Crippen LogP contribution in [0.4, 0.5) is 0 Å². The number of rotatable bonds is 9. The van der Waals surface area contributed by atoms with Gasteiger partial charge >= 0.3 is 315 Å². The van der Waals surface area contributed by atoms with Crippen molar-refractivity contribution >= 4 is 30.8 Å². The van der Waals surface area contributed by atoms with E-state index in [2.05, 4.69) is 188 Å². The normalized spacial score (nSPS) is 11.3. The van der Waals surface area contributed by atoms with Gasteiger partial charge in [0.25, 0.3) is 0 Å². The molecule has 55 heavy (non-hydrogen) atoms. The summed E-state index contributed by atoms with van der Waals surface area (Å²) in [6.45, 7) is 0. The van der Waals surface area contributed by atoms with Crippen LogP contribution in [0.25, 0.3) is 56.4 Å². The van der Waals surface area contributed by atoms with Gasteiger partial charge in [-0.1, -0.05) is 12.1 Å². The summed E-state index contributed by atoms with van der Waals surface area (Å²) in [7, 11) is 0. The monoisotopic (exact) mass is 765 g/mol. The quantitative estimate of drug-likeness (QED) is 0.138. The van der Waals surface area contributed by atoms with Crippen LogP contribution in [0, 0.1) is 0 Å². The summed E-state index contributed by atoms with van der Waals surface area (Å²) in [6, 6.07) is 80.3. The molecule has 260 valence electrons. The van der Waals surface area contributed by atoms with Crippen LogP contribution in [0.3, 0.4) is 0 Å². The van der Waals surface area contributed by atoms with E-state index in [1.165, 1.54) is 17.6 Å². The van der Waals surface area contributed by atoms with E-state index in [1.54, 1.807) is 0 Å².